The van der Waals surface area contributed by atoms with Gasteiger partial charge in [0.2, 0.25) is 0 Å². The fraction of sp³-hybridized carbons (Fsp3) is 1.00. The Labute approximate surface area is 80.8 Å². The number of nitrogens with zero attached hydrogens (tertiary/aromatic N) is 1. The first-order valence-corrected chi connectivity index (χ1v) is 5.11. The Bertz CT molecular complexity index is 126. The molecule has 0 aromatic heterocycles. The van der Waals surface area contributed by atoms with Crippen LogP contribution in [0, 0.1) is 16.7 Å². The van der Waals surface area contributed by atoms with Crippen LogP contribution in [-0.4, -0.2) is 6.61 Å². The third kappa shape index (κ3) is 9.31. The highest BCUT2D eigenvalue weighted by Gasteiger charge is 2.03. The summed E-state index contributed by atoms with van der Waals surface area (Å²) < 4.78 is 0. The van der Waals surface area contributed by atoms with E-state index in [0.29, 0.717) is 12.5 Å². The van der Waals surface area contributed by atoms with Crippen LogP contribution in [0.2, 0.25) is 0 Å². The zero-order valence-corrected chi connectivity index (χ0v) is 8.95. The minimum Gasteiger partial charge on any atom is -0.364 e. The normalized spacial score (nSPS) is 12.9. The van der Waals surface area contributed by atoms with Crippen LogP contribution in [-0.2, 0) is 4.84 Å². The lowest BCUT2D eigenvalue weighted by atomic mass is 9.98. The molecule has 0 aliphatic rings. The molecule has 0 spiro atoms. The molecule has 0 aliphatic carbocycles. The molecule has 1 atom stereocenters. The van der Waals surface area contributed by atoms with Gasteiger partial charge in [-0.25, -0.2) is 0 Å². The molecule has 13 heavy (non-hydrogen) atoms. The van der Waals surface area contributed by atoms with Gasteiger partial charge in [0, 0.05) is 0 Å². The summed E-state index contributed by atoms with van der Waals surface area (Å²) in [6, 6.07) is 0. The molecular weight excluding hydrogens is 166 g/mol. The molecule has 0 saturated carbocycles. The largest absolute Gasteiger partial charge is 0.364 e. The Kier molecular flexibility index (Phi) is 7.65. The average molecular weight is 187 g/mol. The average Bonchev–Trinajstić information content (AvgIpc) is 2.04. The van der Waals surface area contributed by atoms with Crippen molar-refractivity contribution in [3.05, 3.63) is 4.91 Å². The summed E-state index contributed by atoms with van der Waals surface area (Å²) in [5, 5.41) is 2.37. The van der Waals surface area contributed by atoms with Crippen molar-refractivity contribution in [2.24, 2.45) is 17.2 Å². The van der Waals surface area contributed by atoms with E-state index in [1.807, 2.05) is 0 Å². The molecule has 0 radical (unpaired) electrons. The van der Waals surface area contributed by atoms with Crippen molar-refractivity contribution in [1.29, 1.82) is 0 Å². The molecule has 0 bridgehead atoms. The molecule has 0 aromatic carbocycles. The first-order valence-electron chi connectivity index (χ1n) is 5.11. The molecule has 0 aliphatic heterocycles. The maximum atomic E-state index is 9.62. The van der Waals surface area contributed by atoms with Crippen molar-refractivity contribution >= 4 is 0 Å². The summed E-state index contributed by atoms with van der Waals surface area (Å²) in [6.07, 6.45) is 4.72. The predicted molar refractivity (Wildman–Crippen MR) is 54.2 cm³/mol. The monoisotopic (exact) mass is 187 g/mol. The van der Waals surface area contributed by atoms with Crippen LogP contribution in [0.15, 0.2) is 5.34 Å². The molecule has 1 unspecified atom stereocenters. The van der Waals surface area contributed by atoms with Crippen LogP contribution < -0.4 is 0 Å². The minimum atomic E-state index is 0.465. The molecule has 0 fully saturated rings. The Morgan fingerprint density at radius 2 is 1.85 bits per heavy atom. The summed E-state index contributed by atoms with van der Waals surface area (Å²) in [7, 11) is 0. The maximum absolute atomic E-state index is 9.62. The van der Waals surface area contributed by atoms with Crippen molar-refractivity contribution in [1.82, 2.24) is 0 Å². The van der Waals surface area contributed by atoms with Crippen LogP contribution in [0.1, 0.15) is 46.5 Å². The van der Waals surface area contributed by atoms with Crippen molar-refractivity contribution in [3.63, 3.8) is 0 Å². The lowest BCUT2D eigenvalue weighted by Crippen LogP contribution is -2.00. The summed E-state index contributed by atoms with van der Waals surface area (Å²) in [4.78, 5) is 14.0. The number of hydrogen-bond donors (Lipinski definition) is 0. The molecular formula is C10H21NO2. The minimum absolute atomic E-state index is 0.465. The van der Waals surface area contributed by atoms with Gasteiger partial charge in [-0.3, -0.25) is 0 Å². The van der Waals surface area contributed by atoms with Crippen LogP contribution in [0.3, 0.4) is 0 Å². The van der Waals surface area contributed by atoms with E-state index in [4.69, 9.17) is 0 Å². The van der Waals surface area contributed by atoms with Gasteiger partial charge < -0.3 is 4.84 Å². The van der Waals surface area contributed by atoms with Gasteiger partial charge in [0.25, 0.3) is 0 Å². The van der Waals surface area contributed by atoms with Gasteiger partial charge in [0.05, 0.1) is 0 Å². The number of hydrogen-bond acceptors (Lipinski definition) is 3. The van der Waals surface area contributed by atoms with Crippen LogP contribution in [0.4, 0.5) is 0 Å². The zero-order chi connectivity index (χ0) is 10.1. The Balaban J connectivity index is 3.19. The van der Waals surface area contributed by atoms with Gasteiger partial charge in [-0.1, -0.05) is 40.0 Å². The standard InChI is InChI=1S/C10H21NO2/c1-9(2)5-4-6-10(3)7-8-13-11-12/h9-10H,4-8H2,1-3H3. The summed E-state index contributed by atoms with van der Waals surface area (Å²) in [6.45, 7) is 7.13. The van der Waals surface area contributed by atoms with E-state index in [9.17, 15) is 4.91 Å². The van der Waals surface area contributed by atoms with Gasteiger partial charge >= 0.3 is 0 Å². The van der Waals surface area contributed by atoms with E-state index in [1.54, 1.807) is 0 Å². The highest BCUT2D eigenvalue weighted by Crippen LogP contribution is 2.14. The summed E-state index contributed by atoms with van der Waals surface area (Å²) in [5.41, 5.74) is 0. The van der Waals surface area contributed by atoms with Gasteiger partial charge in [-0.05, 0) is 18.3 Å². The van der Waals surface area contributed by atoms with Gasteiger partial charge in [-0.15, -0.1) is 4.91 Å². The van der Waals surface area contributed by atoms with Crippen LogP contribution in [0.5, 0.6) is 0 Å². The molecule has 0 saturated heterocycles. The third-order valence-electron chi connectivity index (χ3n) is 2.23. The molecule has 0 amide bonds. The quantitative estimate of drug-likeness (QED) is 0.331. The van der Waals surface area contributed by atoms with E-state index >= 15 is 0 Å². The van der Waals surface area contributed by atoms with Crippen molar-refractivity contribution in [3.8, 4) is 0 Å². The predicted octanol–water partition coefficient (Wildman–Crippen LogP) is 3.54. The molecule has 3 heteroatoms. The van der Waals surface area contributed by atoms with E-state index < -0.39 is 0 Å². The first-order chi connectivity index (χ1) is 6.16. The lowest BCUT2D eigenvalue weighted by molar-refractivity contribution is 0.125. The molecule has 0 rings (SSSR count). The van der Waals surface area contributed by atoms with Crippen LogP contribution in [0.25, 0.3) is 0 Å². The van der Waals surface area contributed by atoms with E-state index in [0.717, 1.165) is 12.3 Å². The Morgan fingerprint density at radius 3 is 2.38 bits per heavy atom. The molecule has 0 aromatic rings. The second-order valence-corrected chi connectivity index (χ2v) is 4.13. The van der Waals surface area contributed by atoms with Crippen molar-refractivity contribution in [2.45, 2.75) is 46.5 Å². The number of rotatable bonds is 8. The fourth-order valence-electron chi connectivity index (χ4n) is 1.31. The Hall–Kier alpha value is -0.600. The third-order valence-corrected chi connectivity index (χ3v) is 2.23. The van der Waals surface area contributed by atoms with Gasteiger partial charge in [0.15, 0.2) is 5.34 Å². The van der Waals surface area contributed by atoms with Crippen LogP contribution >= 0.6 is 0 Å². The Morgan fingerprint density at radius 1 is 1.15 bits per heavy atom. The second-order valence-electron chi connectivity index (χ2n) is 4.13. The zero-order valence-electron chi connectivity index (χ0n) is 8.95. The first kappa shape index (κ1) is 12.4. The molecule has 78 valence electrons. The summed E-state index contributed by atoms with van der Waals surface area (Å²) in [5.74, 6) is 1.43. The van der Waals surface area contributed by atoms with E-state index in [1.165, 1.54) is 19.3 Å². The second kappa shape index (κ2) is 8.02. The molecule has 0 heterocycles. The smallest absolute Gasteiger partial charge is 0.155 e. The van der Waals surface area contributed by atoms with Gasteiger partial charge in [0.1, 0.15) is 6.61 Å². The van der Waals surface area contributed by atoms with E-state index in [2.05, 4.69) is 30.9 Å². The molecule has 3 nitrogen and oxygen atoms in total. The fourth-order valence-corrected chi connectivity index (χ4v) is 1.31. The molecule has 0 N–H and O–H groups in total. The SMILES string of the molecule is CC(C)CCCC(C)CCON=O. The van der Waals surface area contributed by atoms with E-state index in [-0.39, 0.29) is 0 Å². The van der Waals surface area contributed by atoms with Gasteiger partial charge in [-0.2, -0.15) is 0 Å². The maximum Gasteiger partial charge on any atom is 0.155 e. The highest BCUT2D eigenvalue weighted by atomic mass is 16.7. The summed E-state index contributed by atoms with van der Waals surface area (Å²) >= 11 is 0. The van der Waals surface area contributed by atoms with Crippen molar-refractivity contribution in [2.75, 3.05) is 6.61 Å². The lowest BCUT2D eigenvalue weighted by Gasteiger charge is -2.10. The van der Waals surface area contributed by atoms with Crippen molar-refractivity contribution < 1.29 is 4.84 Å². The highest BCUT2D eigenvalue weighted by molar-refractivity contribution is 4.54. The topological polar surface area (TPSA) is 38.7 Å².